The van der Waals surface area contributed by atoms with Crippen molar-refractivity contribution in [1.82, 2.24) is 4.98 Å². The Morgan fingerprint density at radius 3 is 2.74 bits per heavy atom. The minimum atomic E-state index is 0.112. The van der Waals surface area contributed by atoms with E-state index in [4.69, 9.17) is 4.42 Å². The number of nitrogens with one attached hydrogen (secondary N) is 1. The molecule has 0 bridgehead atoms. The van der Waals surface area contributed by atoms with Gasteiger partial charge in [0, 0.05) is 11.6 Å². The van der Waals surface area contributed by atoms with Crippen molar-refractivity contribution in [3.8, 4) is 0 Å². The SMILES string of the molecule is Cc1ccc(C(C)Nc2cccc3cccnc23)o1. The minimum Gasteiger partial charge on any atom is -0.464 e. The Hall–Kier alpha value is -2.29. The molecule has 3 rings (SSSR count). The Morgan fingerprint density at radius 1 is 1.11 bits per heavy atom. The van der Waals surface area contributed by atoms with Crippen LogP contribution < -0.4 is 5.32 Å². The molecule has 1 atom stereocenters. The summed E-state index contributed by atoms with van der Waals surface area (Å²) in [5, 5.41) is 4.59. The molecule has 0 spiro atoms. The van der Waals surface area contributed by atoms with Crippen LogP contribution in [0.15, 0.2) is 53.1 Å². The van der Waals surface area contributed by atoms with Gasteiger partial charge in [-0.2, -0.15) is 0 Å². The fourth-order valence-electron chi connectivity index (χ4n) is 2.21. The summed E-state index contributed by atoms with van der Waals surface area (Å²) in [5.74, 6) is 1.87. The second kappa shape index (κ2) is 4.76. The van der Waals surface area contributed by atoms with Gasteiger partial charge in [-0.1, -0.05) is 18.2 Å². The Balaban J connectivity index is 1.93. The maximum absolute atomic E-state index is 5.65. The molecule has 19 heavy (non-hydrogen) atoms. The number of aryl methyl sites for hydroxylation is 1. The highest BCUT2D eigenvalue weighted by Gasteiger charge is 2.11. The van der Waals surface area contributed by atoms with Gasteiger partial charge < -0.3 is 9.73 Å². The highest BCUT2D eigenvalue weighted by molar-refractivity contribution is 5.90. The van der Waals surface area contributed by atoms with Crippen molar-refractivity contribution in [3.63, 3.8) is 0 Å². The Labute approximate surface area is 112 Å². The molecule has 0 aliphatic rings. The van der Waals surface area contributed by atoms with Crippen LogP contribution in [0.5, 0.6) is 0 Å². The normalized spacial score (nSPS) is 12.5. The van der Waals surface area contributed by atoms with Gasteiger partial charge in [0.05, 0.1) is 17.2 Å². The summed E-state index contributed by atoms with van der Waals surface area (Å²) in [6.45, 7) is 4.04. The van der Waals surface area contributed by atoms with E-state index < -0.39 is 0 Å². The van der Waals surface area contributed by atoms with Gasteiger partial charge in [0.25, 0.3) is 0 Å². The molecule has 0 radical (unpaired) electrons. The van der Waals surface area contributed by atoms with Crippen LogP contribution in [-0.4, -0.2) is 4.98 Å². The number of pyridine rings is 1. The minimum absolute atomic E-state index is 0.112. The van der Waals surface area contributed by atoms with E-state index in [2.05, 4.69) is 29.4 Å². The van der Waals surface area contributed by atoms with E-state index in [1.54, 1.807) is 0 Å². The number of anilines is 1. The van der Waals surface area contributed by atoms with Crippen LogP contribution in [0.2, 0.25) is 0 Å². The first-order valence-electron chi connectivity index (χ1n) is 6.40. The van der Waals surface area contributed by atoms with Gasteiger partial charge in [-0.25, -0.2) is 0 Å². The predicted molar refractivity (Wildman–Crippen MR) is 77.2 cm³/mol. The van der Waals surface area contributed by atoms with Gasteiger partial charge in [-0.15, -0.1) is 0 Å². The van der Waals surface area contributed by atoms with Gasteiger partial charge in [0.1, 0.15) is 11.5 Å². The standard InChI is InChI=1S/C16H16N2O/c1-11-8-9-15(19-11)12(2)18-14-7-3-5-13-6-4-10-17-16(13)14/h3-10,12,18H,1-2H3. The molecule has 0 aliphatic carbocycles. The lowest BCUT2D eigenvalue weighted by Gasteiger charge is -2.14. The van der Waals surface area contributed by atoms with Crippen LogP contribution in [-0.2, 0) is 0 Å². The van der Waals surface area contributed by atoms with Crippen molar-refractivity contribution in [2.24, 2.45) is 0 Å². The predicted octanol–water partition coefficient (Wildman–Crippen LogP) is 4.31. The average molecular weight is 252 g/mol. The highest BCUT2D eigenvalue weighted by Crippen LogP contribution is 2.26. The molecular formula is C16H16N2O. The lowest BCUT2D eigenvalue weighted by molar-refractivity contribution is 0.467. The van der Waals surface area contributed by atoms with Crippen molar-refractivity contribution in [3.05, 3.63) is 60.2 Å². The van der Waals surface area contributed by atoms with Crippen LogP contribution in [0.3, 0.4) is 0 Å². The molecule has 0 saturated carbocycles. The van der Waals surface area contributed by atoms with Crippen molar-refractivity contribution in [2.75, 3.05) is 5.32 Å². The van der Waals surface area contributed by atoms with E-state index in [1.165, 1.54) is 0 Å². The summed E-state index contributed by atoms with van der Waals surface area (Å²) in [6.07, 6.45) is 1.81. The summed E-state index contributed by atoms with van der Waals surface area (Å²) in [6, 6.07) is 14.3. The van der Waals surface area contributed by atoms with Crippen molar-refractivity contribution in [2.45, 2.75) is 19.9 Å². The number of aromatic nitrogens is 1. The zero-order valence-electron chi connectivity index (χ0n) is 11.1. The molecule has 0 aliphatic heterocycles. The molecule has 1 unspecified atom stereocenters. The highest BCUT2D eigenvalue weighted by atomic mass is 16.3. The molecule has 3 nitrogen and oxygen atoms in total. The van der Waals surface area contributed by atoms with E-state index in [-0.39, 0.29) is 6.04 Å². The quantitative estimate of drug-likeness (QED) is 0.754. The molecule has 0 amide bonds. The second-order valence-corrected chi connectivity index (χ2v) is 4.70. The molecule has 3 aromatic rings. The van der Waals surface area contributed by atoms with Crippen molar-refractivity contribution in [1.29, 1.82) is 0 Å². The average Bonchev–Trinajstić information content (AvgIpc) is 2.86. The second-order valence-electron chi connectivity index (χ2n) is 4.70. The number of para-hydroxylation sites is 1. The van der Waals surface area contributed by atoms with Crippen LogP contribution in [0.4, 0.5) is 5.69 Å². The number of fused-ring (bicyclic) bond motifs is 1. The summed E-state index contributed by atoms with van der Waals surface area (Å²) < 4.78 is 5.65. The number of rotatable bonds is 3. The van der Waals surface area contributed by atoms with E-state index in [0.29, 0.717) is 0 Å². The van der Waals surface area contributed by atoms with Crippen LogP contribution in [0.25, 0.3) is 10.9 Å². The Bertz CT molecular complexity index is 697. The lowest BCUT2D eigenvalue weighted by atomic mass is 10.1. The van der Waals surface area contributed by atoms with Crippen LogP contribution >= 0.6 is 0 Å². The van der Waals surface area contributed by atoms with E-state index in [0.717, 1.165) is 28.1 Å². The van der Waals surface area contributed by atoms with Crippen molar-refractivity contribution >= 4 is 16.6 Å². The molecule has 2 aromatic heterocycles. The zero-order chi connectivity index (χ0) is 13.2. The molecule has 2 heterocycles. The lowest BCUT2D eigenvalue weighted by Crippen LogP contribution is -2.06. The van der Waals surface area contributed by atoms with Crippen molar-refractivity contribution < 1.29 is 4.42 Å². The third kappa shape index (κ3) is 2.32. The monoisotopic (exact) mass is 252 g/mol. The smallest absolute Gasteiger partial charge is 0.126 e. The first-order chi connectivity index (χ1) is 9.24. The van der Waals surface area contributed by atoms with Gasteiger partial charge >= 0.3 is 0 Å². The summed E-state index contributed by atoms with van der Waals surface area (Å²) in [5.41, 5.74) is 2.01. The van der Waals surface area contributed by atoms with E-state index in [1.807, 2.05) is 43.5 Å². The van der Waals surface area contributed by atoms with Gasteiger partial charge in [0.2, 0.25) is 0 Å². The fourth-order valence-corrected chi connectivity index (χ4v) is 2.21. The molecule has 96 valence electrons. The van der Waals surface area contributed by atoms with E-state index >= 15 is 0 Å². The van der Waals surface area contributed by atoms with E-state index in [9.17, 15) is 0 Å². The third-order valence-corrected chi connectivity index (χ3v) is 3.19. The van der Waals surface area contributed by atoms with Gasteiger partial charge in [-0.05, 0) is 38.1 Å². The van der Waals surface area contributed by atoms with Gasteiger partial charge in [-0.3, -0.25) is 4.98 Å². The number of furan rings is 1. The van der Waals surface area contributed by atoms with Crippen LogP contribution in [0.1, 0.15) is 24.5 Å². The number of hydrogen-bond donors (Lipinski definition) is 1. The molecular weight excluding hydrogens is 236 g/mol. The molecule has 1 N–H and O–H groups in total. The zero-order valence-corrected chi connectivity index (χ0v) is 11.1. The fraction of sp³-hybridized carbons (Fsp3) is 0.188. The van der Waals surface area contributed by atoms with Crippen LogP contribution in [0, 0.1) is 6.92 Å². The molecule has 0 fully saturated rings. The summed E-state index contributed by atoms with van der Waals surface area (Å²) in [4.78, 5) is 4.44. The molecule has 0 saturated heterocycles. The Kier molecular flexibility index (Phi) is 2.95. The summed E-state index contributed by atoms with van der Waals surface area (Å²) >= 11 is 0. The molecule has 1 aromatic carbocycles. The maximum Gasteiger partial charge on any atom is 0.126 e. The largest absolute Gasteiger partial charge is 0.464 e. The number of nitrogens with zero attached hydrogens (tertiary/aromatic N) is 1. The topological polar surface area (TPSA) is 38.1 Å². The summed E-state index contributed by atoms with van der Waals surface area (Å²) in [7, 11) is 0. The number of hydrogen-bond acceptors (Lipinski definition) is 3. The van der Waals surface area contributed by atoms with Gasteiger partial charge in [0.15, 0.2) is 0 Å². The maximum atomic E-state index is 5.65. The first-order valence-corrected chi connectivity index (χ1v) is 6.40. The molecule has 3 heteroatoms. The number of benzene rings is 1. The third-order valence-electron chi connectivity index (χ3n) is 3.19. The Morgan fingerprint density at radius 2 is 1.95 bits per heavy atom. The first kappa shape index (κ1) is 11.8.